The first kappa shape index (κ1) is 21.8. The standard InChI is InChI=1S/C21H15N3O8S/c25-17-4-2-1-3-15(17)20-22-19(16-11-14(9-10-18(16)26)32-33(29,30)31)23-24(20)13-7-5-12(6-8-13)21(27)28/h1-11,25-26H,(H,27,28)(H,29,30,31). The highest BCUT2D eigenvalue weighted by atomic mass is 32.3. The molecule has 0 amide bonds. The van der Waals surface area contributed by atoms with Gasteiger partial charge < -0.3 is 19.5 Å². The zero-order valence-corrected chi connectivity index (χ0v) is 17.3. The van der Waals surface area contributed by atoms with Crippen LogP contribution in [0, 0.1) is 0 Å². The summed E-state index contributed by atoms with van der Waals surface area (Å²) in [4.78, 5) is 15.6. The van der Waals surface area contributed by atoms with Crippen LogP contribution in [-0.4, -0.2) is 49.0 Å². The van der Waals surface area contributed by atoms with Crippen molar-refractivity contribution in [2.45, 2.75) is 0 Å². The minimum absolute atomic E-state index is 0.0197. The number of carboxylic acid groups (broad SMARTS) is 1. The van der Waals surface area contributed by atoms with E-state index in [0.717, 1.165) is 18.2 Å². The number of benzene rings is 3. The summed E-state index contributed by atoms with van der Waals surface area (Å²) in [7, 11) is -4.80. The third kappa shape index (κ3) is 4.61. The summed E-state index contributed by atoms with van der Waals surface area (Å²) in [6.07, 6.45) is 0. The Balaban J connectivity index is 1.90. The maximum atomic E-state index is 11.2. The van der Waals surface area contributed by atoms with E-state index < -0.39 is 16.4 Å². The number of aromatic nitrogens is 3. The van der Waals surface area contributed by atoms with Crippen LogP contribution in [0.1, 0.15) is 10.4 Å². The average molecular weight is 469 g/mol. The van der Waals surface area contributed by atoms with Crippen molar-refractivity contribution >= 4 is 16.4 Å². The molecular weight excluding hydrogens is 454 g/mol. The van der Waals surface area contributed by atoms with E-state index in [9.17, 15) is 23.4 Å². The Morgan fingerprint density at radius 1 is 0.909 bits per heavy atom. The van der Waals surface area contributed by atoms with Crippen LogP contribution in [0.15, 0.2) is 66.7 Å². The van der Waals surface area contributed by atoms with Crippen molar-refractivity contribution in [3.8, 4) is 45.7 Å². The molecule has 0 aliphatic carbocycles. The lowest BCUT2D eigenvalue weighted by atomic mass is 10.1. The number of carboxylic acids is 1. The minimum Gasteiger partial charge on any atom is -0.507 e. The van der Waals surface area contributed by atoms with Gasteiger partial charge in [0.2, 0.25) is 0 Å². The van der Waals surface area contributed by atoms with Gasteiger partial charge in [0.15, 0.2) is 11.6 Å². The Labute approximate surface area is 186 Å². The van der Waals surface area contributed by atoms with Gasteiger partial charge in [0.1, 0.15) is 17.2 Å². The van der Waals surface area contributed by atoms with Crippen molar-refractivity contribution in [1.29, 1.82) is 0 Å². The van der Waals surface area contributed by atoms with E-state index in [2.05, 4.69) is 14.3 Å². The maximum absolute atomic E-state index is 11.2. The number of hydrogen-bond donors (Lipinski definition) is 4. The van der Waals surface area contributed by atoms with Crippen LogP contribution in [0.5, 0.6) is 17.2 Å². The Kier molecular flexibility index (Phi) is 5.45. The lowest BCUT2D eigenvalue weighted by molar-refractivity contribution is 0.0697. The Bertz CT molecular complexity index is 1460. The molecule has 12 heteroatoms. The van der Waals surface area contributed by atoms with Gasteiger partial charge >= 0.3 is 16.4 Å². The highest BCUT2D eigenvalue weighted by molar-refractivity contribution is 7.81. The highest BCUT2D eigenvalue weighted by Crippen LogP contribution is 2.35. The van der Waals surface area contributed by atoms with Crippen LogP contribution in [0.4, 0.5) is 0 Å². The first-order valence-electron chi connectivity index (χ1n) is 9.22. The second-order valence-corrected chi connectivity index (χ2v) is 7.75. The van der Waals surface area contributed by atoms with Crippen LogP contribution in [0.2, 0.25) is 0 Å². The van der Waals surface area contributed by atoms with Crippen LogP contribution < -0.4 is 4.18 Å². The molecule has 4 aromatic rings. The predicted octanol–water partition coefficient (Wildman–Crippen LogP) is 2.89. The molecule has 0 saturated heterocycles. The van der Waals surface area contributed by atoms with Gasteiger partial charge in [0.25, 0.3) is 0 Å². The fourth-order valence-electron chi connectivity index (χ4n) is 3.06. The van der Waals surface area contributed by atoms with E-state index in [0.29, 0.717) is 11.3 Å². The molecule has 0 spiro atoms. The molecular formula is C21H15N3O8S. The minimum atomic E-state index is -4.80. The quantitative estimate of drug-likeness (QED) is 0.308. The second-order valence-electron chi connectivity index (χ2n) is 6.73. The topological polar surface area (TPSA) is 172 Å². The molecule has 4 rings (SSSR count). The molecule has 3 aromatic carbocycles. The van der Waals surface area contributed by atoms with Crippen molar-refractivity contribution in [3.63, 3.8) is 0 Å². The summed E-state index contributed by atoms with van der Waals surface area (Å²) >= 11 is 0. The van der Waals surface area contributed by atoms with E-state index in [1.54, 1.807) is 18.2 Å². The van der Waals surface area contributed by atoms with E-state index in [-0.39, 0.29) is 40.0 Å². The number of nitrogens with zero attached hydrogens (tertiary/aromatic N) is 3. The molecule has 1 heterocycles. The molecule has 0 aliphatic rings. The number of phenolic OH excluding ortho intramolecular Hbond substituents is 2. The summed E-state index contributed by atoms with van der Waals surface area (Å²) in [6.45, 7) is 0. The molecule has 0 atom stereocenters. The lowest BCUT2D eigenvalue weighted by Gasteiger charge is -2.07. The largest absolute Gasteiger partial charge is 0.507 e. The van der Waals surface area contributed by atoms with Gasteiger partial charge in [0, 0.05) is 0 Å². The molecule has 0 fully saturated rings. The van der Waals surface area contributed by atoms with Crippen molar-refractivity contribution in [2.75, 3.05) is 0 Å². The zero-order valence-electron chi connectivity index (χ0n) is 16.5. The van der Waals surface area contributed by atoms with Gasteiger partial charge in [-0.15, -0.1) is 5.10 Å². The summed E-state index contributed by atoms with van der Waals surface area (Å²) in [5.74, 6) is -1.72. The molecule has 0 unspecified atom stereocenters. The molecule has 0 aliphatic heterocycles. The number of rotatable bonds is 6. The van der Waals surface area contributed by atoms with Gasteiger partial charge in [0.05, 0.1) is 22.4 Å². The van der Waals surface area contributed by atoms with Crippen LogP contribution in [0.25, 0.3) is 28.5 Å². The molecule has 1 aromatic heterocycles. The molecule has 0 bridgehead atoms. The predicted molar refractivity (Wildman–Crippen MR) is 115 cm³/mol. The van der Waals surface area contributed by atoms with E-state index in [1.807, 2.05) is 0 Å². The van der Waals surface area contributed by atoms with Gasteiger partial charge in [-0.1, -0.05) is 12.1 Å². The monoisotopic (exact) mass is 469 g/mol. The number of aromatic carboxylic acids is 1. The third-order valence-corrected chi connectivity index (χ3v) is 4.92. The van der Waals surface area contributed by atoms with Gasteiger partial charge in [-0.05, 0) is 54.6 Å². The molecule has 33 heavy (non-hydrogen) atoms. The van der Waals surface area contributed by atoms with Gasteiger partial charge in [-0.25, -0.2) is 14.5 Å². The fourth-order valence-corrected chi connectivity index (χ4v) is 3.40. The Morgan fingerprint density at radius 2 is 1.58 bits per heavy atom. The van der Waals surface area contributed by atoms with Crippen molar-refractivity contribution in [2.24, 2.45) is 0 Å². The molecule has 0 saturated carbocycles. The SMILES string of the molecule is O=C(O)c1ccc(-n2nc(-c3cc(OS(=O)(=O)O)ccc3O)nc2-c2ccccc2O)cc1. The summed E-state index contributed by atoms with van der Waals surface area (Å²) in [5.41, 5.74) is 0.731. The highest BCUT2D eigenvalue weighted by Gasteiger charge is 2.21. The molecule has 11 nitrogen and oxygen atoms in total. The van der Waals surface area contributed by atoms with E-state index in [4.69, 9.17) is 9.66 Å². The molecule has 4 N–H and O–H groups in total. The maximum Gasteiger partial charge on any atom is 0.446 e. The average Bonchev–Trinajstić information content (AvgIpc) is 3.19. The first-order chi connectivity index (χ1) is 15.6. The smallest absolute Gasteiger partial charge is 0.446 e. The van der Waals surface area contributed by atoms with Crippen molar-refractivity contribution in [1.82, 2.24) is 14.8 Å². The number of aromatic hydroxyl groups is 2. The molecule has 0 radical (unpaired) electrons. The van der Waals surface area contributed by atoms with Crippen LogP contribution in [0.3, 0.4) is 0 Å². The normalized spacial score (nSPS) is 11.3. The van der Waals surface area contributed by atoms with E-state index >= 15 is 0 Å². The van der Waals surface area contributed by atoms with Gasteiger partial charge in [-0.2, -0.15) is 8.42 Å². The fraction of sp³-hybridized carbons (Fsp3) is 0. The lowest BCUT2D eigenvalue weighted by Crippen LogP contribution is -2.06. The first-order valence-corrected chi connectivity index (χ1v) is 10.6. The number of hydrogen-bond acceptors (Lipinski definition) is 8. The summed E-state index contributed by atoms with van der Waals surface area (Å²) in [5, 5.41) is 34.1. The Morgan fingerprint density at radius 3 is 2.21 bits per heavy atom. The second kappa shape index (κ2) is 8.26. The van der Waals surface area contributed by atoms with Crippen molar-refractivity contribution in [3.05, 3.63) is 72.3 Å². The zero-order chi connectivity index (χ0) is 23.8. The van der Waals surface area contributed by atoms with Crippen molar-refractivity contribution < 1.29 is 37.3 Å². The number of para-hydroxylation sites is 1. The number of carbonyl (C=O) groups is 1. The van der Waals surface area contributed by atoms with Crippen LogP contribution >= 0.6 is 0 Å². The van der Waals surface area contributed by atoms with Crippen LogP contribution in [-0.2, 0) is 10.4 Å². The Hall–Kier alpha value is -4.42. The third-order valence-electron chi connectivity index (χ3n) is 4.52. The summed E-state index contributed by atoms with van der Waals surface area (Å²) in [6, 6.07) is 15.4. The van der Waals surface area contributed by atoms with Gasteiger partial charge in [-0.3, -0.25) is 4.55 Å². The van der Waals surface area contributed by atoms with E-state index in [1.165, 1.54) is 35.0 Å². The number of phenols is 2. The molecule has 168 valence electrons. The summed E-state index contributed by atoms with van der Waals surface area (Å²) < 4.78 is 36.8.